The minimum atomic E-state index is -0.245. The highest BCUT2D eigenvalue weighted by Gasteiger charge is 2.17. The first-order chi connectivity index (χ1) is 7.56. The molecule has 16 heavy (non-hydrogen) atoms. The Bertz CT molecular complexity index is 364. The van der Waals surface area contributed by atoms with Gasteiger partial charge in [0.1, 0.15) is 0 Å². The van der Waals surface area contributed by atoms with Gasteiger partial charge in [0.05, 0.1) is 18.2 Å². The number of aliphatic hydroxyl groups excluding tert-OH is 1. The molecule has 0 aliphatic heterocycles. The topological polar surface area (TPSA) is 75.3 Å². The van der Waals surface area contributed by atoms with Gasteiger partial charge in [-0.25, -0.2) is 0 Å². The van der Waals surface area contributed by atoms with Crippen LogP contribution in [0.2, 0.25) is 0 Å². The predicted octanol–water partition coefficient (Wildman–Crippen LogP) is 1.02. The molecule has 0 bridgehead atoms. The summed E-state index contributed by atoms with van der Waals surface area (Å²) in [6.07, 6.45) is 0. The number of hydrogen-bond acceptors (Lipinski definition) is 3. The molecule has 0 heterocycles. The molecule has 0 saturated heterocycles. The summed E-state index contributed by atoms with van der Waals surface area (Å²) < 4.78 is 0. The molecule has 1 aromatic rings. The van der Waals surface area contributed by atoms with Crippen LogP contribution in [0.15, 0.2) is 24.3 Å². The van der Waals surface area contributed by atoms with Crippen molar-refractivity contribution in [1.82, 2.24) is 5.32 Å². The minimum absolute atomic E-state index is 0.0733. The van der Waals surface area contributed by atoms with Crippen LogP contribution in [0.25, 0.3) is 0 Å². The standard InChI is InChI=1S/C12H18N2O2/c1-8(2)11(7-15)14-12(16)9-5-3-4-6-10(9)13/h3-6,8,11,15H,7,13H2,1-2H3,(H,14,16)/t11-/m1/s1. The fraction of sp³-hybridized carbons (Fsp3) is 0.417. The van der Waals surface area contributed by atoms with Gasteiger partial charge in [0.15, 0.2) is 0 Å². The van der Waals surface area contributed by atoms with Crippen LogP contribution >= 0.6 is 0 Å². The lowest BCUT2D eigenvalue weighted by atomic mass is 10.0. The summed E-state index contributed by atoms with van der Waals surface area (Å²) in [6.45, 7) is 3.81. The number of para-hydroxylation sites is 1. The van der Waals surface area contributed by atoms with E-state index in [2.05, 4.69) is 5.32 Å². The van der Waals surface area contributed by atoms with Crippen LogP contribution in [0, 0.1) is 5.92 Å². The first kappa shape index (κ1) is 12.5. The summed E-state index contributed by atoms with van der Waals surface area (Å²) in [6, 6.07) is 6.64. The molecule has 4 nitrogen and oxygen atoms in total. The Labute approximate surface area is 95.5 Å². The first-order valence-electron chi connectivity index (χ1n) is 5.32. The second-order valence-corrected chi connectivity index (χ2v) is 4.09. The Balaban J connectivity index is 2.76. The van der Waals surface area contributed by atoms with E-state index in [0.717, 1.165) is 0 Å². The Morgan fingerprint density at radius 3 is 2.56 bits per heavy atom. The van der Waals surface area contributed by atoms with Gasteiger partial charge < -0.3 is 16.2 Å². The maximum absolute atomic E-state index is 11.8. The average molecular weight is 222 g/mol. The third kappa shape index (κ3) is 2.97. The first-order valence-corrected chi connectivity index (χ1v) is 5.32. The molecule has 0 saturated carbocycles. The zero-order valence-electron chi connectivity index (χ0n) is 9.60. The third-order valence-corrected chi connectivity index (χ3v) is 2.52. The van der Waals surface area contributed by atoms with Crippen molar-refractivity contribution in [3.63, 3.8) is 0 Å². The van der Waals surface area contributed by atoms with Gasteiger partial charge in [-0.15, -0.1) is 0 Å². The number of carbonyl (C=O) groups excluding carboxylic acids is 1. The zero-order valence-corrected chi connectivity index (χ0v) is 9.60. The fourth-order valence-corrected chi connectivity index (χ4v) is 1.37. The highest BCUT2D eigenvalue weighted by atomic mass is 16.3. The summed E-state index contributed by atoms with van der Waals surface area (Å²) in [5.41, 5.74) is 6.58. The summed E-state index contributed by atoms with van der Waals surface area (Å²) in [5, 5.41) is 11.9. The monoisotopic (exact) mass is 222 g/mol. The normalized spacial score (nSPS) is 12.5. The summed E-state index contributed by atoms with van der Waals surface area (Å²) in [7, 11) is 0. The van der Waals surface area contributed by atoms with Gasteiger partial charge in [-0.2, -0.15) is 0 Å². The van der Waals surface area contributed by atoms with E-state index in [1.54, 1.807) is 24.3 Å². The molecule has 4 heteroatoms. The van der Waals surface area contributed by atoms with Crippen LogP contribution in [0.3, 0.4) is 0 Å². The zero-order chi connectivity index (χ0) is 12.1. The number of carbonyl (C=O) groups is 1. The van der Waals surface area contributed by atoms with E-state index in [4.69, 9.17) is 10.8 Å². The van der Waals surface area contributed by atoms with Gasteiger partial charge >= 0.3 is 0 Å². The lowest BCUT2D eigenvalue weighted by Crippen LogP contribution is -2.41. The number of anilines is 1. The molecule has 0 aromatic heterocycles. The summed E-state index contributed by atoms with van der Waals surface area (Å²) in [4.78, 5) is 11.8. The van der Waals surface area contributed by atoms with Crippen molar-refractivity contribution in [3.8, 4) is 0 Å². The SMILES string of the molecule is CC(C)[C@@H](CO)NC(=O)c1ccccc1N. The minimum Gasteiger partial charge on any atom is -0.398 e. The van der Waals surface area contributed by atoms with E-state index in [9.17, 15) is 4.79 Å². The van der Waals surface area contributed by atoms with Gasteiger partial charge in [0.25, 0.3) is 5.91 Å². The van der Waals surface area contributed by atoms with Crippen molar-refractivity contribution in [1.29, 1.82) is 0 Å². The van der Waals surface area contributed by atoms with Crippen LogP contribution < -0.4 is 11.1 Å². The van der Waals surface area contributed by atoms with Gasteiger partial charge in [0.2, 0.25) is 0 Å². The second-order valence-electron chi connectivity index (χ2n) is 4.09. The van der Waals surface area contributed by atoms with E-state index >= 15 is 0 Å². The Morgan fingerprint density at radius 1 is 1.44 bits per heavy atom. The van der Waals surface area contributed by atoms with Crippen LogP contribution in [-0.4, -0.2) is 23.7 Å². The number of amides is 1. The smallest absolute Gasteiger partial charge is 0.253 e. The van der Waals surface area contributed by atoms with E-state index in [1.165, 1.54) is 0 Å². The number of nitrogen functional groups attached to an aromatic ring is 1. The van der Waals surface area contributed by atoms with Crippen LogP contribution in [0.4, 0.5) is 5.69 Å². The van der Waals surface area contributed by atoms with E-state index in [1.807, 2.05) is 13.8 Å². The molecule has 1 aromatic carbocycles. The molecule has 0 fully saturated rings. The van der Waals surface area contributed by atoms with Crippen LogP contribution in [0.1, 0.15) is 24.2 Å². The molecule has 1 rings (SSSR count). The van der Waals surface area contributed by atoms with E-state index in [-0.39, 0.29) is 24.5 Å². The van der Waals surface area contributed by atoms with Crippen molar-refractivity contribution in [2.24, 2.45) is 5.92 Å². The quantitative estimate of drug-likeness (QED) is 0.666. The fourth-order valence-electron chi connectivity index (χ4n) is 1.37. The van der Waals surface area contributed by atoms with Crippen LogP contribution in [0.5, 0.6) is 0 Å². The van der Waals surface area contributed by atoms with E-state index in [0.29, 0.717) is 11.3 Å². The molecular weight excluding hydrogens is 204 g/mol. The number of aliphatic hydroxyl groups is 1. The molecule has 0 aliphatic carbocycles. The highest BCUT2D eigenvalue weighted by molar-refractivity contribution is 5.99. The number of benzene rings is 1. The Kier molecular flexibility index (Phi) is 4.31. The lowest BCUT2D eigenvalue weighted by Gasteiger charge is -2.20. The molecule has 0 aliphatic rings. The van der Waals surface area contributed by atoms with Gasteiger partial charge in [0, 0.05) is 5.69 Å². The lowest BCUT2D eigenvalue weighted by molar-refractivity contribution is 0.0898. The Hall–Kier alpha value is -1.55. The molecule has 0 unspecified atom stereocenters. The molecule has 1 amide bonds. The summed E-state index contributed by atoms with van der Waals surface area (Å²) >= 11 is 0. The molecule has 0 spiro atoms. The molecular formula is C12H18N2O2. The van der Waals surface area contributed by atoms with Crippen molar-refractivity contribution in [3.05, 3.63) is 29.8 Å². The van der Waals surface area contributed by atoms with Crippen molar-refractivity contribution >= 4 is 11.6 Å². The number of nitrogens with two attached hydrogens (primary N) is 1. The van der Waals surface area contributed by atoms with Gasteiger partial charge in [-0.3, -0.25) is 4.79 Å². The van der Waals surface area contributed by atoms with Crippen molar-refractivity contribution in [2.45, 2.75) is 19.9 Å². The molecule has 88 valence electrons. The number of rotatable bonds is 4. The molecule has 0 radical (unpaired) electrons. The summed E-state index contributed by atoms with van der Waals surface area (Å²) in [5.74, 6) is -0.0651. The number of nitrogens with one attached hydrogen (secondary N) is 1. The predicted molar refractivity (Wildman–Crippen MR) is 64.0 cm³/mol. The van der Waals surface area contributed by atoms with Crippen LogP contribution in [-0.2, 0) is 0 Å². The van der Waals surface area contributed by atoms with Gasteiger partial charge in [-0.1, -0.05) is 26.0 Å². The maximum Gasteiger partial charge on any atom is 0.253 e. The van der Waals surface area contributed by atoms with Crippen molar-refractivity contribution in [2.75, 3.05) is 12.3 Å². The third-order valence-electron chi connectivity index (χ3n) is 2.52. The Morgan fingerprint density at radius 2 is 2.06 bits per heavy atom. The average Bonchev–Trinajstić information content (AvgIpc) is 2.25. The second kappa shape index (κ2) is 5.51. The molecule has 4 N–H and O–H groups in total. The molecule has 1 atom stereocenters. The maximum atomic E-state index is 11.8. The highest BCUT2D eigenvalue weighted by Crippen LogP contribution is 2.11. The number of hydrogen-bond donors (Lipinski definition) is 3. The van der Waals surface area contributed by atoms with Crippen molar-refractivity contribution < 1.29 is 9.90 Å². The van der Waals surface area contributed by atoms with E-state index < -0.39 is 0 Å². The van der Waals surface area contributed by atoms with Gasteiger partial charge in [-0.05, 0) is 18.1 Å². The largest absolute Gasteiger partial charge is 0.398 e.